The van der Waals surface area contributed by atoms with Gasteiger partial charge in [-0.2, -0.15) is 5.10 Å². The number of aryl methyl sites for hydroxylation is 2. The number of halogens is 3. The van der Waals surface area contributed by atoms with Crippen LogP contribution >= 0.6 is 15.9 Å². The van der Waals surface area contributed by atoms with Gasteiger partial charge in [0.2, 0.25) is 6.43 Å². The maximum absolute atomic E-state index is 12.2. The molecule has 1 aromatic heterocycles. The number of ether oxygens (including phenoxy) is 1. The van der Waals surface area contributed by atoms with Gasteiger partial charge >= 0.3 is 0 Å². The van der Waals surface area contributed by atoms with Crippen LogP contribution in [0, 0.1) is 6.92 Å². The Bertz CT molecular complexity index is 558. The molecule has 2 rings (SSSR count). The highest BCUT2D eigenvalue weighted by Gasteiger charge is 2.15. The van der Waals surface area contributed by atoms with Gasteiger partial charge in [0.15, 0.2) is 5.75 Å². The lowest BCUT2D eigenvalue weighted by molar-refractivity contribution is 0.129. The second-order valence-electron chi connectivity index (χ2n) is 4.38. The highest BCUT2D eigenvalue weighted by Crippen LogP contribution is 2.29. The lowest BCUT2D eigenvalue weighted by Gasteiger charge is -2.06. The van der Waals surface area contributed by atoms with Crippen molar-refractivity contribution in [1.82, 2.24) is 9.78 Å². The van der Waals surface area contributed by atoms with Crippen LogP contribution in [0.2, 0.25) is 0 Å². The smallest absolute Gasteiger partial charge is 0.240 e. The molecule has 6 heteroatoms. The quantitative estimate of drug-likeness (QED) is 0.785. The molecule has 0 aliphatic carbocycles. The minimum absolute atomic E-state index is 0.161. The zero-order valence-corrected chi connectivity index (χ0v) is 12.6. The lowest BCUT2D eigenvalue weighted by Crippen LogP contribution is -2.05. The summed E-state index contributed by atoms with van der Waals surface area (Å²) in [5, 5.41) is 4.21. The van der Waals surface area contributed by atoms with E-state index >= 15 is 0 Å². The monoisotopic (exact) mass is 344 g/mol. The Kier molecular flexibility index (Phi) is 5.11. The van der Waals surface area contributed by atoms with E-state index in [-0.39, 0.29) is 13.0 Å². The van der Waals surface area contributed by atoms with E-state index in [0.717, 1.165) is 5.56 Å². The molecule has 0 fully saturated rings. The molecule has 0 amide bonds. The van der Waals surface area contributed by atoms with Gasteiger partial charge in [-0.3, -0.25) is 4.68 Å². The van der Waals surface area contributed by atoms with Crippen molar-refractivity contribution in [3.8, 4) is 5.75 Å². The van der Waals surface area contributed by atoms with Gasteiger partial charge in [0.05, 0.1) is 0 Å². The molecule has 1 aromatic carbocycles. The average Bonchev–Trinajstić information content (AvgIpc) is 2.70. The average molecular weight is 345 g/mol. The third kappa shape index (κ3) is 3.79. The summed E-state index contributed by atoms with van der Waals surface area (Å²) in [6.45, 7) is 2.37. The maximum Gasteiger partial charge on any atom is 0.240 e. The topological polar surface area (TPSA) is 27.1 Å². The molecule has 20 heavy (non-hydrogen) atoms. The number of hydrogen-bond donors (Lipinski definition) is 0. The molecule has 0 aliphatic rings. The lowest BCUT2D eigenvalue weighted by atomic mass is 10.2. The van der Waals surface area contributed by atoms with Crippen LogP contribution < -0.4 is 4.74 Å². The van der Waals surface area contributed by atoms with Crippen molar-refractivity contribution in [3.05, 3.63) is 46.2 Å². The first-order chi connectivity index (χ1) is 9.58. The van der Waals surface area contributed by atoms with Crippen LogP contribution in [0.4, 0.5) is 8.78 Å². The van der Waals surface area contributed by atoms with Crippen LogP contribution in [0.25, 0.3) is 0 Å². The minimum Gasteiger partial charge on any atom is -0.484 e. The summed E-state index contributed by atoms with van der Waals surface area (Å²) in [4.78, 5) is 0. The molecule has 0 atom stereocenters. The Labute approximate surface area is 124 Å². The van der Waals surface area contributed by atoms with Crippen LogP contribution in [0.1, 0.15) is 17.7 Å². The summed E-state index contributed by atoms with van der Waals surface area (Å²) in [6, 6.07) is 9.74. The van der Waals surface area contributed by atoms with Crippen molar-refractivity contribution >= 4 is 15.9 Å². The number of rotatable bonds is 6. The molecule has 0 saturated carbocycles. The van der Waals surface area contributed by atoms with E-state index in [1.807, 2.05) is 30.3 Å². The van der Waals surface area contributed by atoms with E-state index in [9.17, 15) is 8.78 Å². The summed E-state index contributed by atoms with van der Waals surface area (Å²) in [5.41, 5.74) is 1.72. The maximum atomic E-state index is 12.2. The van der Waals surface area contributed by atoms with E-state index in [2.05, 4.69) is 21.0 Å². The summed E-state index contributed by atoms with van der Waals surface area (Å²) in [6.07, 6.45) is -2.56. The van der Waals surface area contributed by atoms with E-state index in [1.54, 1.807) is 6.92 Å². The van der Waals surface area contributed by atoms with Crippen molar-refractivity contribution in [3.63, 3.8) is 0 Å². The number of aromatic nitrogens is 2. The van der Waals surface area contributed by atoms with E-state index in [4.69, 9.17) is 4.74 Å². The van der Waals surface area contributed by atoms with Gasteiger partial charge in [0.25, 0.3) is 0 Å². The minimum atomic E-state index is -2.33. The number of alkyl halides is 2. The number of nitrogens with zero attached hydrogens (tertiary/aromatic N) is 2. The molecule has 0 saturated heterocycles. The first-order valence-corrected chi connectivity index (χ1v) is 7.05. The van der Waals surface area contributed by atoms with Crippen molar-refractivity contribution in [2.75, 3.05) is 0 Å². The van der Waals surface area contributed by atoms with Crippen LogP contribution in [0.15, 0.2) is 34.9 Å². The molecule has 1 heterocycles. The highest BCUT2D eigenvalue weighted by molar-refractivity contribution is 9.10. The SMILES string of the molecule is Cc1nn(CCC(F)F)c(Br)c1OCc1ccccc1. The van der Waals surface area contributed by atoms with Gasteiger partial charge in [0, 0.05) is 13.0 Å². The molecule has 0 aliphatic heterocycles. The molecule has 0 bridgehead atoms. The van der Waals surface area contributed by atoms with Crippen LogP contribution in [-0.2, 0) is 13.2 Å². The molecular weight excluding hydrogens is 330 g/mol. The standard InChI is InChI=1S/C14H15BrF2N2O/c1-10-13(20-9-11-5-3-2-4-6-11)14(15)19(18-10)8-7-12(16)17/h2-6,12H,7-9H2,1H3. The normalized spacial score (nSPS) is 11.1. The van der Waals surface area contributed by atoms with Gasteiger partial charge in [-0.1, -0.05) is 30.3 Å². The Balaban J connectivity index is 2.04. The zero-order valence-electron chi connectivity index (χ0n) is 11.0. The number of hydrogen-bond acceptors (Lipinski definition) is 2. The predicted octanol–water partition coefficient (Wildman–Crippen LogP) is 4.19. The third-order valence-corrected chi connectivity index (χ3v) is 3.57. The Morgan fingerprint density at radius 3 is 2.65 bits per heavy atom. The van der Waals surface area contributed by atoms with Gasteiger partial charge < -0.3 is 4.74 Å². The van der Waals surface area contributed by atoms with Crippen LogP contribution in [0.5, 0.6) is 5.75 Å². The summed E-state index contributed by atoms with van der Waals surface area (Å²) >= 11 is 3.36. The predicted molar refractivity (Wildman–Crippen MR) is 76.1 cm³/mol. The van der Waals surface area contributed by atoms with Crippen molar-refractivity contribution in [2.45, 2.75) is 32.9 Å². The fraction of sp³-hybridized carbons (Fsp3) is 0.357. The second-order valence-corrected chi connectivity index (χ2v) is 5.13. The van der Waals surface area contributed by atoms with Crippen molar-refractivity contribution in [1.29, 1.82) is 0 Å². The first-order valence-electron chi connectivity index (χ1n) is 6.25. The molecule has 0 radical (unpaired) electrons. The van der Waals surface area contributed by atoms with E-state index in [0.29, 0.717) is 22.7 Å². The summed E-state index contributed by atoms with van der Waals surface area (Å²) in [7, 11) is 0. The second kappa shape index (κ2) is 6.83. The first kappa shape index (κ1) is 15.0. The van der Waals surface area contributed by atoms with E-state index < -0.39 is 6.43 Å². The van der Waals surface area contributed by atoms with Gasteiger partial charge in [0.1, 0.15) is 16.9 Å². The molecule has 0 unspecified atom stereocenters. The molecule has 0 N–H and O–H groups in total. The largest absolute Gasteiger partial charge is 0.484 e. The summed E-state index contributed by atoms with van der Waals surface area (Å²) < 4.78 is 32.3. The Morgan fingerprint density at radius 1 is 1.30 bits per heavy atom. The number of benzene rings is 1. The molecule has 3 nitrogen and oxygen atoms in total. The van der Waals surface area contributed by atoms with Crippen molar-refractivity contribution < 1.29 is 13.5 Å². The molecule has 2 aromatic rings. The van der Waals surface area contributed by atoms with Gasteiger partial charge in [-0.25, -0.2) is 8.78 Å². The van der Waals surface area contributed by atoms with Gasteiger partial charge in [-0.05, 0) is 28.4 Å². The highest BCUT2D eigenvalue weighted by atomic mass is 79.9. The van der Waals surface area contributed by atoms with Gasteiger partial charge in [-0.15, -0.1) is 0 Å². The zero-order chi connectivity index (χ0) is 14.5. The molecule has 108 valence electrons. The Morgan fingerprint density at radius 2 is 2.00 bits per heavy atom. The summed E-state index contributed by atoms with van der Waals surface area (Å²) in [5.74, 6) is 0.600. The van der Waals surface area contributed by atoms with Crippen LogP contribution in [0.3, 0.4) is 0 Å². The fourth-order valence-corrected chi connectivity index (χ4v) is 2.46. The fourth-order valence-electron chi connectivity index (χ4n) is 1.80. The molecule has 0 spiro atoms. The molecular formula is C14H15BrF2N2O. The third-order valence-electron chi connectivity index (χ3n) is 2.80. The van der Waals surface area contributed by atoms with E-state index in [1.165, 1.54) is 4.68 Å². The Hall–Kier alpha value is -1.43. The van der Waals surface area contributed by atoms with Crippen LogP contribution in [-0.4, -0.2) is 16.2 Å². The van der Waals surface area contributed by atoms with Crippen molar-refractivity contribution in [2.24, 2.45) is 0 Å².